The Bertz CT molecular complexity index is 189. The minimum Gasteiger partial charge on any atom is -0.318 e. The van der Waals surface area contributed by atoms with Gasteiger partial charge in [0.2, 0.25) is 0 Å². The molecule has 0 aromatic carbocycles. The monoisotopic (exact) mass is 135 g/mol. The van der Waals surface area contributed by atoms with E-state index in [1.165, 1.54) is 0 Å². The third-order valence-electron chi connectivity index (χ3n) is 1.60. The first-order valence-electron chi connectivity index (χ1n) is 3.54. The Balaban J connectivity index is 2.70. The van der Waals surface area contributed by atoms with E-state index in [-0.39, 0.29) is 5.54 Å². The zero-order chi connectivity index (χ0) is 7.45. The molecule has 1 aliphatic carbocycles. The minimum atomic E-state index is -0.219. The molecule has 1 aliphatic rings. The molecule has 0 amide bonds. The molecular formula is C9H13N. The van der Waals surface area contributed by atoms with Gasteiger partial charge in [0.1, 0.15) is 0 Å². The number of hydrogen-bond acceptors (Lipinski definition) is 1. The van der Waals surface area contributed by atoms with Crippen molar-refractivity contribution in [1.82, 2.24) is 0 Å². The Morgan fingerprint density at radius 2 is 2.30 bits per heavy atom. The van der Waals surface area contributed by atoms with Gasteiger partial charge in [0, 0.05) is 0 Å². The Kier molecular flexibility index (Phi) is 2.07. The number of rotatable bonds is 1. The SMILES string of the molecule is CC=CC1(N)C=CC=CC1. The normalized spacial score (nSPS) is 31.8. The molecule has 0 aromatic heterocycles. The molecule has 1 heteroatoms. The van der Waals surface area contributed by atoms with E-state index < -0.39 is 0 Å². The van der Waals surface area contributed by atoms with Gasteiger partial charge >= 0.3 is 0 Å². The second kappa shape index (κ2) is 2.84. The van der Waals surface area contributed by atoms with Crippen molar-refractivity contribution in [2.24, 2.45) is 5.73 Å². The predicted molar refractivity (Wildman–Crippen MR) is 44.6 cm³/mol. The van der Waals surface area contributed by atoms with Crippen LogP contribution in [-0.2, 0) is 0 Å². The van der Waals surface area contributed by atoms with E-state index in [9.17, 15) is 0 Å². The van der Waals surface area contributed by atoms with Crippen molar-refractivity contribution < 1.29 is 0 Å². The van der Waals surface area contributed by atoms with Gasteiger partial charge < -0.3 is 5.73 Å². The largest absolute Gasteiger partial charge is 0.318 e. The van der Waals surface area contributed by atoms with Crippen molar-refractivity contribution >= 4 is 0 Å². The first-order chi connectivity index (χ1) is 4.77. The maximum atomic E-state index is 5.94. The summed E-state index contributed by atoms with van der Waals surface area (Å²) in [6.45, 7) is 1.99. The van der Waals surface area contributed by atoms with Crippen LogP contribution in [-0.4, -0.2) is 5.54 Å². The fourth-order valence-corrected chi connectivity index (χ4v) is 1.09. The van der Waals surface area contributed by atoms with Gasteiger partial charge in [-0.3, -0.25) is 0 Å². The number of hydrogen-bond donors (Lipinski definition) is 1. The predicted octanol–water partition coefficient (Wildman–Crippen LogP) is 1.78. The first kappa shape index (κ1) is 7.29. The molecule has 2 N–H and O–H groups in total. The fourth-order valence-electron chi connectivity index (χ4n) is 1.09. The number of nitrogens with two attached hydrogens (primary N) is 1. The van der Waals surface area contributed by atoms with Crippen LogP contribution in [0.15, 0.2) is 36.5 Å². The molecule has 1 rings (SSSR count). The summed E-state index contributed by atoms with van der Waals surface area (Å²) in [5.74, 6) is 0. The van der Waals surface area contributed by atoms with Crippen LogP contribution in [0.2, 0.25) is 0 Å². The molecule has 0 spiro atoms. The second-order valence-electron chi connectivity index (χ2n) is 2.60. The van der Waals surface area contributed by atoms with E-state index in [4.69, 9.17) is 5.73 Å². The van der Waals surface area contributed by atoms with Gasteiger partial charge in [0.25, 0.3) is 0 Å². The molecule has 0 saturated heterocycles. The topological polar surface area (TPSA) is 26.0 Å². The standard InChI is InChI=1S/C9H13N/c1-2-6-9(10)7-4-3-5-8-9/h2-7H,8,10H2,1H3. The Morgan fingerprint density at radius 3 is 2.80 bits per heavy atom. The average Bonchev–Trinajstić information content (AvgIpc) is 1.89. The van der Waals surface area contributed by atoms with Gasteiger partial charge in [-0.2, -0.15) is 0 Å². The summed E-state index contributed by atoms with van der Waals surface area (Å²) in [4.78, 5) is 0. The summed E-state index contributed by atoms with van der Waals surface area (Å²) >= 11 is 0. The van der Waals surface area contributed by atoms with Crippen LogP contribution in [0.3, 0.4) is 0 Å². The molecule has 10 heavy (non-hydrogen) atoms. The van der Waals surface area contributed by atoms with E-state index in [2.05, 4.69) is 6.08 Å². The lowest BCUT2D eigenvalue weighted by molar-refractivity contribution is 0.659. The summed E-state index contributed by atoms with van der Waals surface area (Å²) in [6, 6.07) is 0. The Hall–Kier alpha value is -0.820. The lowest BCUT2D eigenvalue weighted by atomic mass is 9.92. The van der Waals surface area contributed by atoms with Crippen LogP contribution in [0.25, 0.3) is 0 Å². The van der Waals surface area contributed by atoms with Crippen molar-refractivity contribution in [2.45, 2.75) is 18.9 Å². The Labute approximate surface area is 61.9 Å². The third kappa shape index (κ3) is 1.58. The highest BCUT2D eigenvalue weighted by Crippen LogP contribution is 2.15. The van der Waals surface area contributed by atoms with Crippen LogP contribution in [0.5, 0.6) is 0 Å². The smallest absolute Gasteiger partial charge is 0.0563 e. The maximum absolute atomic E-state index is 5.94. The van der Waals surface area contributed by atoms with Gasteiger partial charge in [0.05, 0.1) is 5.54 Å². The summed E-state index contributed by atoms with van der Waals surface area (Å²) in [7, 11) is 0. The van der Waals surface area contributed by atoms with Crippen LogP contribution in [0.1, 0.15) is 13.3 Å². The molecule has 0 fully saturated rings. The van der Waals surface area contributed by atoms with Crippen LogP contribution < -0.4 is 5.73 Å². The summed E-state index contributed by atoms with van der Waals surface area (Å²) < 4.78 is 0. The first-order valence-corrected chi connectivity index (χ1v) is 3.54. The molecule has 54 valence electrons. The van der Waals surface area contributed by atoms with Crippen molar-refractivity contribution in [3.05, 3.63) is 36.5 Å². The molecule has 1 atom stereocenters. The van der Waals surface area contributed by atoms with Crippen molar-refractivity contribution in [3.8, 4) is 0 Å². The van der Waals surface area contributed by atoms with Gasteiger partial charge in [-0.25, -0.2) is 0 Å². The molecule has 0 radical (unpaired) electrons. The highest BCUT2D eigenvalue weighted by molar-refractivity contribution is 5.26. The highest BCUT2D eigenvalue weighted by atomic mass is 14.7. The molecule has 0 bridgehead atoms. The molecular weight excluding hydrogens is 122 g/mol. The number of allylic oxidation sites excluding steroid dienone is 3. The zero-order valence-electron chi connectivity index (χ0n) is 6.25. The van der Waals surface area contributed by atoms with Crippen molar-refractivity contribution in [1.29, 1.82) is 0 Å². The van der Waals surface area contributed by atoms with E-state index >= 15 is 0 Å². The second-order valence-corrected chi connectivity index (χ2v) is 2.60. The minimum absolute atomic E-state index is 0.219. The Morgan fingerprint density at radius 1 is 1.50 bits per heavy atom. The van der Waals surface area contributed by atoms with Gasteiger partial charge in [-0.05, 0) is 13.3 Å². The highest BCUT2D eigenvalue weighted by Gasteiger charge is 2.15. The molecule has 0 saturated carbocycles. The summed E-state index contributed by atoms with van der Waals surface area (Å²) in [5, 5.41) is 0. The van der Waals surface area contributed by atoms with Crippen LogP contribution in [0.4, 0.5) is 0 Å². The maximum Gasteiger partial charge on any atom is 0.0563 e. The quantitative estimate of drug-likeness (QED) is 0.545. The van der Waals surface area contributed by atoms with E-state index in [1.807, 2.05) is 37.3 Å². The average molecular weight is 135 g/mol. The van der Waals surface area contributed by atoms with Gasteiger partial charge in [-0.15, -0.1) is 0 Å². The molecule has 0 aliphatic heterocycles. The fraction of sp³-hybridized carbons (Fsp3) is 0.333. The van der Waals surface area contributed by atoms with E-state index in [0.29, 0.717) is 0 Å². The lowest BCUT2D eigenvalue weighted by Gasteiger charge is -2.21. The molecule has 0 heterocycles. The third-order valence-corrected chi connectivity index (χ3v) is 1.60. The zero-order valence-corrected chi connectivity index (χ0v) is 6.25. The van der Waals surface area contributed by atoms with Crippen molar-refractivity contribution in [2.75, 3.05) is 0 Å². The molecule has 1 nitrogen and oxygen atoms in total. The van der Waals surface area contributed by atoms with Crippen LogP contribution >= 0.6 is 0 Å². The molecule has 0 aromatic rings. The van der Waals surface area contributed by atoms with Gasteiger partial charge in [0.15, 0.2) is 0 Å². The summed E-state index contributed by atoms with van der Waals surface area (Å²) in [6.07, 6.45) is 13.0. The van der Waals surface area contributed by atoms with Gasteiger partial charge in [-0.1, -0.05) is 36.5 Å². The summed E-state index contributed by atoms with van der Waals surface area (Å²) in [5.41, 5.74) is 5.73. The van der Waals surface area contributed by atoms with Crippen LogP contribution in [0, 0.1) is 0 Å². The lowest BCUT2D eigenvalue weighted by Crippen LogP contribution is -2.35. The molecule has 1 unspecified atom stereocenters. The van der Waals surface area contributed by atoms with Crippen molar-refractivity contribution in [3.63, 3.8) is 0 Å². The van der Waals surface area contributed by atoms with E-state index in [0.717, 1.165) is 6.42 Å². The van der Waals surface area contributed by atoms with E-state index in [1.54, 1.807) is 0 Å².